The van der Waals surface area contributed by atoms with Crippen LogP contribution >= 0.6 is 11.6 Å². The second-order valence-electron chi connectivity index (χ2n) is 5.83. The van der Waals surface area contributed by atoms with Crippen molar-refractivity contribution in [1.29, 1.82) is 0 Å². The summed E-state index contributed by atoms with van der Waals surface area (Å²) in [6.45, 7) is 4.54. The number of hydrogen-bond acceptors (Lipinski definition) is 2. The summed E-state index contributed by atoms with van der Waals surface area (Å²) in [5.74, 6) is 0.349. The van der Waals surface area contributed by atoms with E-state index in [1.54, 1.807) is 0 Å². The molecule has 2 rings (SSSR count). The average Bonchev–Trinajstić information content (AvgIpc) is 2.40. The van der Waals surface area contributed by atoms with Gasteiger partial charge in [0.2, 0.25) is 0 Å². The number of hydrogen-bond donors (Lipinski definition) is 1. The Balaban J connectivity index is 2.26. The van der Waals surface area contributed by atoms with Crippen LogP contribution in [0.15, 0.2) is 24.3 Å². The Hall–Kier alpha value is -1.22. The van der Waals surface area contributed by atoms with Gasteiger partial charge in [-0.15, -0.1) is 0 Å². The molecule has 3 unspecified atom stereocenters. The van der Waals surface area contributed by atoms with E-state index in [-0.39, 0.29) is 12.6 Å². The molecule has 1 aliphatic rings. The first kappa shape index (κ1) is 15.2. The van der Waals surface area contributed by atoms with E-state index >= 15 is 0 Å². The Morgan fingerprint density at radius 2 is 1.95 bits per heavy atom. The summed E-state index contributed by atoms with van der Waals surface area (Å²) >= 11 is 5.92. The highest BCUT2D eigenvalue weighted by molar-refractivity contribution is 6.30. The van der Waals surface area contributed by atoms with Crippen LogP contribution < -0.4 is 4.90 Å². The Kier molecular flexibility index (Phi) is 4.92. The molecule has 0 radical (unpaired) electrons. The Morgan fingerprint density at radius 3 is 2.55 bits per heavy atom. The normalized spacial score (nSPS) is 26.2. The largest absolute Gasteiger partial charge is 0.480 e. The minimum atomic E-state index is -0.787. The van der Waals surface area contributed by atoms with Gasteiger partial charge in [-0.3, -0.25) is 4.79 Å². The lowest BCUT2D eigenvalue weighted by Gasteiger charge is -2.42. The van der Waals surface area contributed by atoms with Gasteiger partial charge in [0, 0.05) is 16.8 Å². The predicted octanol–water partition coefficient (Wildman–Crippen LogP) is 4.06. The zero-order valence-electron chi connectivity index (χ0n) is 12.1. The van der Waals surface area contributed by atoms with Crippen molar-refractivity contribution in [3.05, 3.63) is 29.3 Å². The molecule has 1 saturated carbocycles. The molecule has 3 atom stereocenters. The lowest BCUT2D eigenvalue weighted by molar-refractivity contribution is -0.135. The second kappa shape index (κ2) is 6.49. The van der Waals surface area contributed by atoms with Gasteiger partial charge in [0.15, 0.2) is 0 Å². The van der Waals surface area contributed by atoms with Crippen molar-refractivity contribution >= 4 is 23.3 Å². The number of nitrogens with zero attached hydrogens (tertiary/aromatic N) is 1. The highest BCUT2D eigenvalue weighted by atomic mass is 35.5. The molecule has 1 aromatic carbocycles. The number of rotatable bonds is 4. The molecule has 1 fully saturated rings. The van der Waals surface area contributed by atoms with E-state index in [2.05, 4.69) is 13.8 Å². The number of carboxylic acid groups (broad SMARTS) is 1. The standard InChI is InChI=1S/C16H22ClNO2/c1-11-4-3-5-15(12(11)2)18(10-16(19)20)14-8-6-13(17)7-9-14/h6-9,11-12,15H,3-5,10H2,1-2H3,(H,19,20). The first-order valence-electron chi connectivity index (χ1n) is 7.23. The monoisotopic (exact) mass is 295 g/mol. The van der Waals surface area contributed by atoms with Crippen molar-refractivity contribution in [3.63, 3.8) is 0 Å². The highest BCUT2D eigenvalue weighted by Crippen LogP contribution is 2.35. The topological polar surface area (TPSA) is 40.5 Å². The first-order chi connectivity index (χ1) is 9.49. The number of aliphatic carboxylic acids is 1. The van der Waals surface area contributed by atoms with Gasteiger partial charge in [-0.1, -0.05) is 38.3 Å². The summed E-state index contributed by atoms with van der Waals surface area (Å²) < 4.78 is 0. The van der Waals surface area contributed by atoms with Gasteiger partial charge in [-0.25, -0.2) is 0 Å². The van der Waals surface area contributed by atoms with Gasteiger partial charge >= 0.3 is 5.97 Å². The summed E-state index contributed by atoms with van der Waals surface area (Å²) in [6, 6.07) is 7.76. The van der Waals surface area contributed by atoms with Crippen molar-refractivity contribution in [1.82, 2.24) is 0 Å². The third-order valence-electron chi connectivity index (χ3n) is 4.53. The summed E-state index contributed by atoms with van der Waals surface area (Å²) in [5, 5.41) is 9.89. The van der Waals surface area contributed by atoms with Gasteiger partial charge in [0.1, 0.15) is 6.54 Å². The lowest BCUT2D eigenvalue weighted by Crippen LogP contribution is -2.46. The van der Waals surface area contributed by atoms with Crippen molar-refractivity contribution in [2.24, 2.45) is 11.8 Å². The van der Waals surface area contributed by atoms with E-state index in [1.165, 1.54) is 12.8 Å². The molecule has 0 bridgehead atoms. The summed E-state index contributed by atoms with van der Waals surface area (Å²) in [7, 11) is 0. The van der Waals surface area contributed by atoms with E-state index < -0.39 is 5.97 Å². The zero-order valence-corrected chi connectivity index (χ0v) is 12.8. The quantitative estimate of drug-likeness (QED) is 0.911. The maximum atomic E-state index is 11.2. The fourth-order valence-electron chi connectivity index (χ4n) is 3.17. The summed E-state index contributed by atoms with van der Waals surface area (Å²) in [4.78, 5) is 13.2. The molecule has 1 N–H and O–H groups in total. The van der Waals surface area contributed by atoms with E-state index in [0.29, 0.717) is 16.9 Å². The number of anilines is 1. The van der Waals surface area contributed by atoms with Crippen molar-refractivity contribution in [2.75, 3.05) is 11.4 Å². The van der Waals surface area contributed by atoms with Crippen molar-refractivity contribution in [2.45, 2.75) is 39.2 Å². The molecule has 1 aromatic rings. The molecule has 0 saturated heterocycles. The van der Waals surface area contributed by atoms with Crippen molar-refractivity contribution < 1.29 is 9.90 Å². The van der Waals surface area contributed by atoms with Crippen LogP contribution in [-0.4, -0.2) is 23.7 Å². The Morgan fingerprint density at radius 1 is 1.30 bits per heavy atom. The molecule has 1 aliphatic carbocycles. The molecule has 3 nitrogen and oxygen atoms in total. The maximum Gasteiger partial charge on any atom is 0.323 e. The van der Waals surface area contributed by atoms with Crippen molar-refractivity contribution in [3.8, 4) is 0 Å². The number of carboxylic acids is 1. The van der Waals surface area contributed by atoms with Gasteiger partial charge in [-0.2, -0.15) is 0 Å². The van der Waals surface area contributed by atoms with Crippen LogP contribution in [0.4, 0.5) is 5.69 Å². The lowest BCUT2D eigenvalue weighted by atomic mass is 9.77. The molecular formula is C16H22ClNO2. The number of halogens is 1. The number of carbonyl (C=O) groups is 1. The smallest absolute Gasteiger partial charge is 0.323 e. The number of benzene rings is 1. The van der Waals surface area contributed by atoms with E-state index in [4.69, 9.17) is 11.6 Å². The maximum absolute atomic E-state index is 11.2. The van der Waals surface area contributed by atoms with Crippen LogP contribution in [0.5, 0.6) is 0 Å². The third-order valence-corrected chi connectivity index (χ3v) is 4.78. The van der Waals surface area contributed by atoms with Gasteiger partial charge in [-0.05, 0) is 42.5 Å². The van der Waals surface area contributed by atoms with Crippen LogP contribution in [0.25, 0.3) is 0 Å². The molecule has 0 aliphatic heterocycles. The molecule has 4 heteroatoms. The molecular weight excluding hydrogens is 274 g/mol. The zero-order chi connectivity index (χ0) is 14.7. The van der Waals surface area contributed by atoms with Crippen LogP contribution in [0.2, 0.25) is 5.02 Å². The van der Waals surface area contributed by atoms with E-state index in [1.807, 2.05) is 29.2 Å². The van der Waals surface area contributed by atoms with Gasteiger partial charge in [0.05, 0.1) is 0 Å². The van der Waals surface area contributed by atoms with Crippen LogP contribution in [0.1, 0.15) is 33.1 Å². The summed E-state index contributed by atoms with van der Waals surface area (Å²) in [6.07, 6.45) is 3.46. The molecule has 110 valence electrons. The molecule has 0 aromatic heterocycles. The fraction of sp³-hybridized carbons (Fsp3) is 0.562. The molecule has 0 heterocycles. The first-order valence-corrected chi connectivity index (χ1v) is 7.61. The van der Waals surface area contributed by atoms with E-state index in [9.17, 15) is 9.90 Å². The van der Waals surface area contributed by atoms with Crippen LogP contribution in [0.3, 0.4) is 0 Å². The molecule has 20 heavy (non-hydrogen) atoms. The minimum absolute atomic E-state index is 0.0450. The van der Waals surface area contributed by atoms with Gasteiger partial charge < -0.3 is 10.0 Å². The molecule has 0 spiro atoms. The van der Waals surface area contributed by atoms with Crippen LogP contribution in [-0.2, 0) is 4.79 Å². The predicted molar refractivity (Wildman–Crippen MR) is 82.4 cm³/mol. The van der Waals surface area contributed by atoms with Crippen LogP contribution in [0, 0.1) is 11.8 Å². The van der Waals surface area contributed by atoms with E-state index in [0.717, 1.165) is 12.1 Å². The second-order valence-corrected chi connectivity index (χ2v) is 6.27. The fourth-order valence-corrected chi connectivity index (χ4v) is 3.30. The average molecular weight is 296 g/mol. The Bertz CT molecular complexity index is 460. The molecule has 0 amide bonds. The Labute approximate surface area is 125 Å². The highest BCUT2D eigenvalue weighted by Gasteiger charge is 2.32. The SMILES string of the molecule is CC1CCCC(N(CC(=O)O)c2ccc(Cl)cc2)C1C. The van der Waals surface area contributed by atoms with Gasteiger partial charge in [0.25, 0.3) is 0 Å². The summed E-state index contributed by atoms with van der Waals surface area (Å²) in [5.41, 5.74) is 0.947. The minimum Gasteiger partial charge on any atom is -0.480 e. The third kappa shape index (κ3) is 3.45.